The third-order valence-electron chi connectivity index (χ3n) is 4.35. The topological polar surface area (TPSA) is 99.9 Å². The third-order valence-corrected chi connectivity index (χ3v) is 4.35. The number of carbonyl (C=O) groups excluding carboxylic acids is 2. The molecule has 27 heavy (non-hydrogen) atoms. The van der Waals surface area contributed by atoms with E-state index >= 15 is 0 Å². The number of nitrogens with one attached hydrogen (secondary N) is 1. The third kappa shape index (κ3) is 3.33. The summed E-state index contributed by atoms with van der Waals surface area (Å²) in [4.78, 5) is 43.5. The first-order chi connectivity index (χ1) is 13.0. The normalized spacial score (nSPS) is 14.8. The number of fused-ring (bicyclic) bond motifs is 3. The van der Waals surface area contributed by atoms with Gasteiger partial charge in [0.15, 0.2) is 11.6 Å². The molecule has 1 N–H and O–H groups in total. The van der Waals surface area contributed by atoms with Crippen LogP contribution >= 0.6 is 0 Å². The van der Waals surface area contributed by atoms with E-state index < -0.39 is 0 Å². The molecule has 1 amide bonds. The molecule has 2 aliphatic heterocycles. The molecule has 0 aromatic carbocycles. The van der Waals surface area contributed by atoms with Gasteiger partial charge in [0.2, 0.25) is 5.91 Å². The van der Waals surface area contributed by atoms with Crippen LogP contribution in [0, 0.1) is 6.92 Å². The molecule has 8 heteroatoms. The summed E-state index contributed by atoms with van der Waals surface area (Å²) in [5.74, 6) is 2.19. The second-order valence-corrected chi connectivity index (χ2v) is 6.42. The summed E-state index contributed by atoms with van der Waals surface area (Å²) in [6.45, 7) is 4.69. The van der Waals surface area contributed by atoms with Gasteiger partial charge in [0.1, 0.15) is 17.5 Å². The van der Waals surface area contributed by atoms with Gasteiger partial charge in [0.25, 0.3) is 0 Å². The van der Waals surface area contributed by atoms with E-state index in [2.05, 4.69) is 25.3 Å². The van der Waals surface area contributed by atoms with Gasteiger partial charge in [-0.3, -0.25) is 14.6 Å². The lowest BCUT2D eigenvalue weighted by atomic mass is 10.1. The average molecular weight is 362 g/mol. The van der Waals surface area contributed by atoms with Crippen LogP contribution in [0.4, 0.5) is 11.6 Å². The van der Waals surface area contributed by atoms with Crippen molar-refractivity contribution in [3.63, 3.8) is 0 Å². The highest BCUT2D eigenvalue weighted by molar-refractivity contribution is 6.20. The molecule has 8 nitrogen and oxygen atoms in total. The molecule has 0 aliphatic carbocycles. The van der Waals surface area contributed by atoms with Crippen LogP contribution in [0.2, 0.25) is 0 Å². The lowest BCUT2D eigenvalue weighted by molar-refractivity contribution is -0.114. The van der Waals surface area contributed by atoms with Crippen molar-refractivity contribution in [2.45, 2.75) is 20.3 Å². The number of ketones is 1. The number of aromatic nitrogens is 2. The fraction of sp³-hybridized carbons (Fsp3) is 0.263. The summed E-state index contributed by atoms with van der Waals surface area (Å²) in [6, 6.07) is 7.17. The van der Waals surface area contributed by atoms with Gasteiger partial charge < -0.3 is 10.2 Å². The molecule has 136 valence electrons. The van der Waals surface area contributed by atoms with Gasteiger partial charge in [-0.15, -0.1) is 0 Å². The predicted molar refractivity (Wildman–Crippen MR) is 102 cm³/mol. The molecular weight excluding hydrogens is 344 g/mol. The zero-order valence-electron chi connectivity index (χ0n) is 15.1. The Morgan fingerprint density at radius 2 is 2.07 bits per heavy atom. The van der Waals surface area contributed by atoms with E-state index in [1.54, 1.807) is 12.1 Å². The number of aryl methyl sites for hydroxylation is 1. The molecule has 2 aromatic heterocycles. The quantitative estimate of drug-likeness (QED) is 0.840. The number of rotatable bonds is 4. The zero-order valence-corrected chi connectivity index (χ0v) is 15.1. The van der Waals surface area contributed by atoms with Crippen LogP contribution in [0.1, 0.15) is 35.0 Å². The molecule has 0 bridgehead atoms. The van der Waals surface area contributed by atoms with Crippen LogP contribution in [-0.4, -0.2) is 51.3 Å². The Morgan fingerprint density at radius 1 is 1.22 bits per heavy atom. The molecule has 2 aromatic rings. The molecule has 0 saturated carbocycles. The Labute approximate surface area is 156 Å². The first-order valence-electron chi connectivity index (χ1n) is 8.65. The molecule has 0 radical (unpaired) electrons. The lowest BCUT2D eigenvalue weighted by Crippen LogP contribution is -2.38. The average Bonchev–Trinajstić information content (AvgIpc) is 3.12. The minimum absolute atomic E-state index is 0.0991. The van der Waals surface area contributed by atoms with Crippen molar-refractivity contribution in [3.8, 4) is 0 Å². The van der Waals surface area contributed by atoms with Crippen molar-refractivity contribution in [2.75, 3.05) is 18.4 Å². The summed E-state index contributed by atoms with van der Waals surface area (Å²) in [7, 11) is 0. The second kappa shape index (κ2) is 6.71. The Kier molecular flexibility index (Phi) is 4.23. The van der Waals surface area contributed by atoms with E-state index in [4.69, 9.17) is 0 Å². The smallest absolute Gasteiger partial charge is 0.222 e. The number of amidine groups is 2. The molecule has 0 fully saturated rings. The minimum atomic E-state index is -0.208. The number of amides is 1. The van der Waals surface area contributed by atoms with E-state index in [9.17, 15) is 9.59 Å². The molecule has 0 unspecified atom stereocenters. The van der Waals surface area contributed by atoms with Gasteiger partial charge in [-0.05, 0) is 31.2 Å². The summed E-state index contributed by atoms with van der Waals surface area (Å²) < 4.78 is 0. The second-order valence-electron chi connectivity index (χ2n) is 6.42. The van der Waals surface area contributed by atoms with Crippen molar-refractivity contribution < 1.29 is 9.59 Å². The largest absolute Gasteiger partial charge is 0.312 e. The first-order valence-corrected chi connectivity index (χ1v) is 8.65. The molecule has 2 aliphatic rings. The molecule has 4 heterocycles. The lowest BCUT2D eigenvalue weighted by Gasteiger charge is -2.26. The van der Waals surface area contributed by atoms with Gasteiger partial charge in [-0.25, -0.2) is 15.0 Å². The number of carbonyl (C=O) groups is 2. The molecule has 0 saturated heterocycles. The fourth-order valence-electron chi connectivity index (χ4n) is 3.11. The fourth-order valence-corrected chi connectivity index (χ4v) is 3.11. The number of anilines is 1. The summed E-state index contributed by atoms with van der Waals surface area (Å²) in [5, 5.41) is 2.58. The van der Waals surface area contributed by atoms with Crippen molar-refractivity contribution in [2.24, 2.45) is 9.98 Å². The van der Waals surface area contributed by atoms with E-state index in [1.807, 2.05) is 24.0 Å². The van der Waals surface area contributed by atoms with Crippen molar-refractivity contribution in [1.29, 1.82) is 0 Å². The predicted octanol–water partition coefficient (Wildman–Crippen LogP) is 2.12. The SMILES string of the molecule is CC(=O)Nc1ccc(C(=O)CC2=Nc3nc(C)ccc3C3=NCCN23)cn1. The van der Waals surface area contributed by atoms with Gasteiger partial charge in [-0.2, -0.15) is 0 Å². The van der Waals surface area contributed by atoms with Gasteiger partial charge in [0.05, 0.1) is 18.5 Å². The van der Waals surface area contributed by atoms with E-state index in [0.29, 0.717) is 36.1 Å². The van der Waals surface area contributed by atoms with Crippen LogP contribution in [0.5, 0.6) is 0 Å². The van der Waals surface area contributed by atoms with Crippen molar-refractivity contribution >= 4 is 35.0 Å². The molecular formula is C19H18N6O2. The Morgan fingerprint density at radius 3 is 2.81 bits per heavy atom. The van der Waals surface area contributed by atoms with Crippen LogP contribution in [-0.2, 0) is 4.79 Å². The number of nitrogens with zero attached hydrogens (tertiary/aromatic N) is 5. The van der Waals surface area contributed by atoms with Gasteiger partial charge in [-0.1, -0.05) is 0 Å². The molecule has 0 atom stereocenters. The van der Waals surface area contributed by atoms with Crippen molar-refractivity contribution in [3.05, 3.63) is 47.3 Å². The highest BCUT2D eigenvalue weighted by Gasteiger charge is 2.31. The maximum atomic E-state index is 12.7. The number of hydrogen-bond donors (Lipinski definition) is 1. The Bertz CT molecular complexity index is 994. The van der Waals surface area contributed by atoms with Crippen LogP contribution in [0.15, 0.2) is 40.4 Å². The highest BCUT2D eigenvalue weighted by Crippen LogP contribution is 2.28. The summed E-state index contributed by atoms with van der Waals surface area (Å²) in [6.07, 6.45) is 1.60. The maximum Gasteiger partial charge on any atom is 0.222 e. The maximum absolute atomic E-state index is 12.7. The van der Waals surface area contributed by atoms with Gasteiger partial charge in [0, 0.05) is 30.9 Å². The Balaban J connectivity index is 1.59. The number of aliphatic imine (C=N–C) groups is 2. The standard InChI is InChI=1S/C19H18N6O2/c1-11-3-5-14-18(22-11)24-17(25-8-7-20-19(14)25)9-15(27)13-4-6-16(21-10-13)23-12(2)26/h3-6,10H,7-9H2,1-2H3,(H,21,23,26). The molecule has 4 rings (SSSR count). The number of Topliss-reactive ketones (excluding diaryl/α,β-unsaturated/α-hetero) is 1. The van der Waals surface area contributed by atoms with E-state index in [0.717, 1.165) is 17.1 Å². The zero-order chi connectivity index (χ0) is 19.0. The summed E-state index contributed by atoms with van der Waals surface area (Å²) in [5.41, 5.74) is 2.23. The van der Waals surface area contributed by atoms with E-state index in [-0.39, 0.29) is 18.1 Å². The van der Waals surface area contributed by atoms with Crippen LogP contribution < -0.4 is 5.32 Å². The summed E-state index contributed by atoms with van der Waals surface area (Å²) >= 11 is 0. The first kappa shape index (κ1) is 17.0. The minimum Gasteiger partial charge on any atom is -0.312 e. The Hall–Kier alpha value is -3.42. The highest BCUT2D eigenvalue weighted by atomic mass is 16.1. The van der Waals surface area contributed by atoms with Crippen molar-refractivity contribution in [1.82, 2.24) is 14.9 Å². The monoisotopic (exact) mass is 362 g/mol. The number of pyridine rings is 2. The van der Waals surface area contributed by atoms with E-state index in [1.165, 1.54) is 13.1 Å². The van der Waals surface area contributed by atoms with Crippen LogP contribution in [0.25, 0.3) is 0 Å². The van der Waals surface area contributed by atoms with Gasteiger partial charge >= 0.3 is 0 Å². The number of hydrogen-bond acceptors (Lipinski definition) is 7. The molecule has 0 spiro atoms. The van der Waals surface area contributed by atoms with Crippen LogP contribution in [0.3, 0.4) is 0 Å².